The molecule has 1 saturated heterocycles. The first kappa shape index (κ1) is 24.0. The zero-order valence-electron chi connectivity index (χ0n) is 16.6. The molecule has 1 fully saturated rings. The Balaban J connectivity index is 0.00000300. The van der Waals surface area contributed by atoms with Crippen molar-refractivity contribution < 1.29 is 9.15 Å². The third-order valence-corrected chi connectivity index (χ3v) is 4.86. The molecule has 0 amide bonds. The maximum atomic E-state index is 6.07. The highest BCUT2D eigenvalue weighted by Crippen LogP contribution is 2.10. The molecule has 6 nitrogen and oxygen atoms in total. The second kappa shape index (κ2) is 13.8. The molecule has 8 heteroatoms. The summed E-state index contributed by atoms with van der Waals surface area (Å²) in [5.41, 5.74) is 1.21. The van der Waals surface area contributed by atoms with Crippen LogP contribution in [0, 0.1) is 0 Å². The molecule has 2 aromatic rings. The molecular formula is C21H30ClIN4O2. The van der Waals surface area contributed by atoms with E-state index in [9.17, 15) is 0 Å². The number of nitrogens with zero attached hydrogens (tertiary/aromatic N) is 2. The molecule has 0 saturated carbocycles. The average molecular weight is 533 g/mol. The minimum Gasteiger partial charge on any atom is -0.469 e. The fourth-order valence-electron chi connectivity index (χ4n) is 3.08. The molecule has 0 unspecified atom stereocenters. The van der Waals surface area contributed by atoms with Crippen molar-refractivity contribution in [2.24, 2.45) is 4.99 Å². The van der Waals surface area contributed by atoms with Crippen LogP contribution in [0.15, 0.2) is 52.1 Å². The molecule has 0 atom stereocenters. The van der Waals surface area contributed by atoms with Crippen molar-refractivity contribution in [1.29, 1.82) is 0 Å². The van der Waals surface area contributed by atoms with Gasteiger partial charge in [-0.3, -0.25) is 9.89 Å². The van der Waals surface area contributed by atoms with E-state index in [0.29, 0.717) is 0 Å². The van der Waals surface area contributed by atoms with Crippen LogP contribution in [0.1, 0.15) is 11.3 Å². The minimum atomic E-state index is 0. The highest BCUT2D eigenvalue weighted by Gasteiger charge is 2.09. The summed E-state index contributed by atoms with van der Waals surface area (Å²) in [6.45, 7) is 6.87. The van der Waals surface area contributed by atoms with E-state index in [0.717, 1.165) is 82.1 Å². The number of nitrogens with one attached hydrogen (secondary N) is 2. The number of ether oxygens (including phenoxy) is 1. The standard InChI is InChI=1S/C21H29ClN4O2.HI/c22-19-4-1-3-18(17-19)6-8-23-21(24-9-7-20-5-2-14-28-20)25-10-11-26-12-15-27-16-13-26;/h1-5,14,17H,6-13,15-16H2,(H2,23,24,25);1H. The highest BCUT2D eigenvalue weighted by atomic mass is 127. The lowest BCUT2D eigenvalue weighted by Crippen LogP contribution is -2.41. The van der Waals surface area contributed by atoms with Crippen molar-refractivity contribution in [2.45, 2.75) is 12.8 Å². The molecule has 160 valence electrons. The Hall–Kier alpha value is -1.29. The third-order valence-electron chi connectivity index (χ3n) is 4.63. The normalized spacial score (nSPS) is 15.0. The van der Waals surface area contributed by atoms with Crippen molar-refractivity contribution in [1.82, 2.24) is 15.5 Å². The second-order valence-corrected chi connectivity index (χ2v) is 7.18. The number of benzene rings is 1. The summed E-state index contributed by atoms with van der Waals surface area (Å²) >= 11 is 6.07. The quantitative estimate of drug-likeness (QED) is 0.295. The van der Waals surface area contributed by atoms with Crippen LogP contribution in [0.4, 0.5) is 0 Å². The van der Waals surface area contributed by atoms with E-state index in [1.165, 1.54) is 5.56 Å². The van der Waals surface area contributed by atoms with Crippen LogP contribution in [-0.2, 0) is 17.6 Å². The van der Waals surface area contributed by atoms with Gasteiger partial charge in [0.25, 0.3) is 0 Å². The first-order valence-corrected chi connectivity index (χ1v) is 10.3. The molecule has 0 aliphatic carbocycles. The number of furan rings is 1. The lowest BCUT2D eigenvalue weighted by atomic mass is 10.1. The molecule has 29 heavy (non-hydrogen) atoms. The maximum absolute atomic E-state index is 6.07. The van der Waals surface area contributed by atoms with Gasteiger partial charge in [-0.1, -0.05) is 23.7 Å². The summed E-state index contributed by atoms with van der Waals surface area (Å²) in [4.78, 5) is 7.13. The lowest BCUT2D eigenvalue weighted by molar-refractivity contribution is 0.0394. The Labute approximate surface area is 195 Å². The van der Waals surface area contributed by atoms with Crippen LogP contribution in [-0.4, -0.2) is 63.3 Å². The largest absolute Gasteiger partial charge is 0.469 e. The third kappa shape index (κ3) is 9.37. The lowest BCUT2D eigenvalue weighted by Gasteiger charge is -2.25. The number of rotatable bonds is 9. The first-order chi connectivity index (χ1) is 13.8. The molecule has 2 heterocycles. The van der Waals surface area contributed by atoms with Crippen molar-refractivity contribution in [2.75, 3.05) is 52.5 Å². The Morgan fingerprint density at radius 1 is 1.07 bits per heavy atom. The van der Waals surface area contributed by atoms with E-state index in [4.69, 9.17) is 25.7 Å². The molecule has 1 aromatic heterocycles. The predicted octanol–water partition coefficient (Wildman–Crippen LogP) is 3.20. The summed E-state index contributed by atoms with van der Waals surface area (Å²) < 4.78 is 10.8. The molecule has 0 bridgehead atoms. The van der Waals surface area contributed by atoms with Crippen LogP contribution in [0.3, 0.4) is 0 Å². The van der Waals surface area contributed by atoms with E-state index in [2.05, 4.69) is 21.6 Å². The number of hydrogen-bond donors (Lipinski definition) is 2. The average Bonchev–Trinajstić information content (AvgIpc) is 3.22. The Bertz CT molecular complexity index is 721. The highest BCUT2D eigenvalue weighted by molar-refractivity contribution is 14.0. The first-order valence-electron chi connectivity index (χ1n) is 9.89. The molecule has 0 radical (unpaired) electrons. The van der Waals surface area contributed by atoms with Gasteiger partial charge in [-0.2, -0.15) is 0 Å². The van der Waals surface area contributed by atoms with Crippen LogP contribution >= 0.6 is 35.6 Å². The molecular weight excluding hydrogens is 503 g/mol. The molecule has 1 aromatic carbocycles. The number of morpholine rings is 1. The van der Waals surface area contributed by atoms with Gasteiger partial charge in [-0.25, -0.2) is 0 Å². The van der Waals surface area contributed by atoms with Gasteiger partial charge >= 0.3 is 0 Å². The zero-order valence-corrected chi connectivity index (χ0v) is 19.7. The second-order valence-electron chi connectivity index (χ2n) is 6.75. The molecule has 1 aliphatic rings. The van der Waals surface area contributed by atoms with Crippen molar-refractivity contribution in [3.63, 3.8) is 0 Å². The van der Waals surface area contributed by atoms with Crippen molar-refractivity contribution in [3.8, 4) is 0 Å². The monoisotopic (exact) mass is 532 g/mol. The zero-order chi connectivity index (χ0) is 19.4. The Kier molecular flexibility index (Phi) is 11.5. The smallest absolute Gasteiger partial charge is 0.191 e. The van der Waals surface area contributed by atoms with Crippen molar-refractivity contribution >= 4 is 41.5 Å². The van der Waals surface area contributed by atoms with E-state index in [-0.39, 0.29) is 24.0 Å². The molecule has 2 N–H and O–H groups in total. The molecule has 1 aliphatic heterocycles. The summed E-state index contributed by atoms with van der Waals surface area (Å²) in [6.07, 6.45) is 3.42. The fraction of sp³-hybridized carbons (Fsp3) is 0.476. The van der Waals surface area contributed by atoms with Gasteiger partial charge in [0.2, 0.25) is 0 Å². The summed E-state index contributed by atoms with van der Waals surface area (Å²) in [5, 5.41) is 7.60. The Morgan fingerprint density at radius 2 is 1.86 bits per heavy atom. The van der Waals surface area contributed by atoms with Gasteiger partial charge < -0.3 is 19.8 Å². The van der Waals surface area contributed by atoms with Gasteiger partial charge in [-0.05, 0) is 36.2 Å². The number of aliphatic imine (C=N–C) groups is 1. The predicted molar refractivity (Wildman–Crippen MR) is 129 cm³/mol. The minimum absolute atomic E-state index is 0. The van der Waals surface area contributed by atoms with Crippen LogP contribution in [0.5, 0.6) is 0 Å². The van der Waals surface area contributed by atoms with E-state index in [1.54, 1.807) is 6.26 Å². The number of guanidine groups is 1. The number of hydrogen-bond acceptors (Lipinski definition) is 4. The van der Waals surface area contributed by atoms with Gasteiger partial charge in [0.1, 0.15) is 5.76 Å². The number of halogens is 2. The van der Waals surface area contributed by atoms with Gasteiger partial charge in [0.15, 0.2) is 5.96 Å². The fourth-order valence-corrected chi connectivity index (χ4v) is 3.29. The molecule has 0 spiro atoms. The van der Waals surface area contributed by atoms with Crippen LogP contribution in [0.2, 0.25) is 5.02 Å². The summed E-state index contributed by atoms with van der Waals surface area (Å²) in [5.74, 6) is 1.81. The molecule has 3 rings (SSSR count). The summed E-state index contributed by atoms with van der Waals surface area (Å²) in [6, 6.07) is 11.9. The maximum Gasteiger partial charge on any atom is 0.191 e. The van der Waals surface area contributed by atoms with Gasteiger partial charge in [0, 0.05) is 44.2 Å². The summed E-state index contributed by atoms with van der Waals surface area (Å²) in [7, 11) is 0. The van der Waals surface area contributed by atoms with Gasteiger partial charge in [-0.15, -0.1) is 24.0 Å². The van der Waals surface area contributed by atoms with E-state index < -0.39 is 0 Å². The Morgan fingerprint density at radius 3 is 2.59 bits per heavy atom. The van der Waals surface area contributed by atoms with E-state index in [1.807, 2.05) is 30.3 Å². The van der Waals surface area contributed by atoms with E-state index >= 15 is 0 Å². The topological polar surface area (TPSA) is 62.0 Å². The van der Waals surface area contributed by atoms with Crippen molar-refractivity contribution in [3.05, 3.63) is 59.0 Å². The van der Waals surface area contributed by atoms with Crippen LogP contribution in [0.25, 0.3) is 0 Å². The van der Waals surface area contributed by atoms with Gasteiger partial charge in [0.05, 0.1) is 26.0 Å². The SMILES string of the molecule is Clc1cccc(CCNC(=NCCN2CCOCC2)NCCc2ccco2)c1.I. The van der Waals surface area contributed by atoms with Crippen LogP contribution < -0.4 is 10.6 Å².